The maximum atomic E-state index is 13.9. The zero-order chi connectivity index (χ0) is 23.9. The highest BCUT2D eigenvalue weighted by atomic mass is 19.4. The van der Waals surface area contributed by atoms with Gasteiger partial charge in [0.1, 0.15) is 0 Å². The third-order valence-corrected chi connectivity index (χ3v) is 7.52. The highest BCUT2D eigenvalue weighted by Gasteiger charge is 2.58. The second-order valence-electron chi connectivity index (χ2n) is 10.2. The van der Waals surface area contributed by atoms with E-state index in [1.54, 1.807) is 11.0 Å². The number of hydrogen-bond donors (Lipinski definition) is 2. The molecule has 6 nitrogen and oxygen atoms in total. The van der Waals surface area contributed by atoms with Crippen LogP contribution < -0.4 is 5.46 Å². The minimum atomic E-state index is -5.19. The van der Waals surface area contributed by atoms with Gasteiger partial charge < -0.3 is 24.4 Å². The number of alkyl halides is 3. The molecule has 2 aliphatic heterocycles. The van der Waals surface area contributed by atoms with Crippen LogP contribution in [0, 0.1) is 5.92 Å². The first-order valence-corrected chi connectivity index (χ1v) is 10.9. The van der Waals surface area contributed by atoms with Crippen molar-refractivity contribution >= 4 is 18.5 Å². The Balaban J connectivity index is 1.85. The molecule has 1 aliphatic carbocycles. The van der Waals surface area contributed by atoms with E-state index in [1.807, 2.05) is 34.6 Å². The number of aliphatic hydroxyl groups is 2. The van der Waals surface area contributed by atoms with Gasteiger partial charge in [0.15, 0.2) is 0 Å². The van der Waals surface area contributed by atoms with E-state index in [9.17, 15) is 28.2 Å². The highest BCUT2D eigenvalue weighted by molar-refractivity contribution is 6.62. The van der Waals surface area contributed by atoms with E-state index in [2.05, 4.69) is 0 Å². The van der Waals surface area contributed by atoms with E-state index in [-0.39, 0.29) is 23.6 Å². The number of nitrogens with zero attached hydrogens (tertiary/aromatic N) is 1. The predicted molar refractivity (Wildman–Crippen MR) is 111 cm³/mol. The van der Waals surface area contributed by atoms with E-state index in [0.29, 0.717) is 11.5 Å². The molecule has 0 radical (unpaired) electrons. The third kappa shape index (κ3) is 3.46. The Kier molecular flexibility index (Phi) is 5.29. The molecule has 1 amide bonds. The van der Waals surface area contributed by atoms with Crippen LogP contribution in [0.2, 0.25) is 0 Å². The predicted octanol–water partition coefficient (Wildman–Crippen LogP) is 2.48. The molecule has 10 heteroatoms. The number of halogens is 3. The summed E-state index contributed by atoms with van der Waals surface area (Å²) in [5, 5.41) is 20.2. The Morgan fingerprint density at radius 3 is 2.22 bits per heavy atom. The van der Waals surface area contributed by atoms with E-state index in [0.717, 1.165) is 18.9 Å². The van der Waals surface area contributed by atoms with Crippen LogP contribution in [0.4, 0.5) is 13.2 Å². The number of aliphatic hydroxyl groups excluding tert-OH is 1. The summed E-state index contributed by atoms with van der Waals surface area (Å²) in [6, 6.07) is 2.58. The fourth-order valence-corrected chi connectivity index (χ4v) is 4.43. The summed E-state index contributed by atoms with van der Waals surface area (Å²) in [6.07, 6.45) is -3.26. The monoisotopic (exact) mass is 455 g/mol. The van der Waals surface area contributed by atoms with Crippen LogP contribution in [0.25, 0.3) is 0 Å². The van der Waals surface area contributed by atoms with Crippen molar-refractivity contribution in [1.29, 1.82) is 0 Å². The largest absolute Gasteiger partial charge is 0.494 e. The molecule has 1 saturated heterocycles. The molecule has 2 fully saturated rings. The number of amides is 1. The van der Waals surface area contributed by atoms with Crippen LogP contribution in [0.3, 0.4) is 0 Å². The Labute approximate surface area is 185 Å². The minimum Gasteiger partial charge on any atom is -0.399 e. The normalized spacial score (nSPS) is 25.1. The lowest BCUT2D eigenvalue weighted by molar-refractivity contribution is -0.277. The first kappa shape index (κ1) is 23.5. The Hall–Kier alpha value is -1.62. The lowest BCUT2D eigenvalue weighted by Crippen LogP contribution is -2.48. The topological polar surface area (TPSA) is 79.2 Å². The van der Waals surface area contributed by atoms with Crippen molar-refractivity contribution in [3.63, 3.8) is 0 Å². The molecule has 0 bridgehead atoms. The van der Waals surface area contributed by atoms with Gasteiger partial charge in [0.2, 0.25) is 5.60 Å². The van der Waals surface area contributed by atoms with Crippen LogP contribution in [0.1, 0.15) is 68.9 Å². The molecule has 1 unspecified atom stereocenters. The Morgan fingerprint density at radius 2 is 1.75 bits per heavy atom. The summed E-state index contributed by atoms with van der Waals surface area (Å²) in [5.41, 5.74) is -5.28. The van der Waals surface area contributed by atoms with Crippen molar-refractivity contribution in [1.82, 2.24) is 4.90 Å². The quantitative estimate of drug-likeness (QED) is 0.668. The lowest BCUT2D eigenvalue weighted by Gasteiger charge is -2.32. The highest BCUT2D eigenvalue weighted by Crippen LogP contribution is 2.45. The standard InChI is InChI=1S/C22H29BF3NO5/c1-12(13-6-7-13)27-10-14-8-15(23-31-19(2,3)20(4,5)32-23)9-16(17(14)18(27)29)21(30,11-28)22(24,25)26/h8-9,12-13,28,30H,6-7,10-11H2,1-5H3/t12-,21?/m0/s1. The summed E-state index contributed by atoms with van der Waals surface area (Å²) in [6.45, 7) is 7.70. The maximum Gasteiger partial charge on any atom is 0.494 e. The molecule has 0 aromatic heterocycles. The van der Waals surface area contributed by atoms with Crippen molar-refractivity contribution < 1.29 is 37.5 Å². The Morgan fingerprint density at radius 1 is 1.19 bits per heavy atom. The van der Waals surface area contributed by atoms with Crippen molar-refractivity contribution in [2.45, 2.75) is 83.0 Å². The zero-order valence-corrected chi connectivity index (χ0v) is 18.9. The molecular formula is C22H29BF3NO5. The van der Waals surface area contributed by atoms with Gasteiger partial charge in [-0.05, 0) is 64.4 Å². The number of carbonyl (C=O) groups excluding carboxylic acids is 1. The molecule has 2 heterocycles. The molecule has 32 heavy (non-hydrogen) atoms. The minimum absolute atomic E-state index is 0.129. The fourth-order valence-electron chi connectivity index (χ4n) is 4.43. The van der Waals surface area contributed by atoms with Crippen molar-refractivity contribution in [2.75, 3.05) is 6.61 Å². The fraction of sp³-hybridized carbons (Fsp3) is 0.682. The molecule has 3 aliphatic rings. The molecule has 1 aromatic rings. The van der Waals surface area contributed by atoms with E-state index in [4.69, 9.17) is 9.31 Å². The van der Waals surface area contributed by atoms with E-state index in [1.165, 1.54) is 0 Å². The number of benzene rings is 1. The number of rotatable bonds is 5. The smallest absolute Gasteiger partial charge is 0.399 e. The third-order valence-electron chi connectivity index (χ3n) is 7.52. The molecule has 1 aromatic carbocycles. The van der Waals surface area contributed by atoms with Gasteiger partial charge in [0, 0.05) is 18.2 Å². The van der Waals surface area contributed by atoms with Gasteiger partial charge in [0.05, 0.1) is 23.4 Å². The van der Waals surface area contributed by atoms with E-state index >= 15 is 0 Å². The summed E-state index contributed by atoms with van der Waals surface area (Å²) in [5.74, 6) is -0.246. The second kappa shape index (κ2) is 7.19. The van der Waals surface area contributed by atoms with Crippen LogP contribution in [-0.4, -0.2) is 58.2 Å². The van der Waals surface area contributed by atoms with Gasteiger partial charge in [-0.1, -0.05) is 12.1 Å². The number of fused-ring (bicyclic) bond motifs is 1. The first-order valence-electron chi connectivity index (χ1n) is 10.9. The number of carbonyl (C=O) groups is 1. The number of hydrogen-bond acceptors (Lipinski definition) is 5. The average Bonchev–Trinajstić information content (AvgIpc) is 3.44. The summed E-state index contributed by atoms with van der Waals surface area (Å²) < 4.78 is 53.8. The van der Waals surface area contributed by atoms with Gasteiger partial charge >= 0.3 is 13.3 Å². The van der Waals surface area contributed by atoms with Crippen LogP contribution in [0.15, 0.2) is 12.1 Å². The average molecular weight is 455 g/mol. The molecule has 1 saturated carbocycles. The van der Waals surface area contributed by atoms with Gasteiger partial charge in [-0.15, -0.1) is 0 Å². The molecule has 0 spiro atoms. The van der Waals surface area contributed by atoms with Crippen LogP contribution in [0.5, 0.6) is 0 Å². The molecule has 2 N–H and O–H groups in total. The summed E-state index contributed by atoms with van der Waals surface area (Å²) in [4.78, 5) is 14.8. The molecule has 176 valence electrons. The van der Waals surface area contributed by atoms with Crippen LogP contribution in [-0.2, 0) is 21.5 Å². The van der Waals surface area contributed by atoms with Crippen molar-refractivity contribution in [3.8, 4) is 0 Å². The first-order chi connectivity index (χ1) is 14.6. The lowest BCUT2D eigenvalue weighted by atomic mass is 9.74. The van der Waals surface area contributed by atoms with Gasteiger partial charge in [-0.25, -0.2) is 0 Å². The van der Waals surface area contributed by atoms with Gasteiger partial charge in [-0.2, -0.15) is 13.2 Å². The summed E-state index contributed by atoms with van der Waals surface area (Å²) in [7, 11) is -0.981. The maximum absolute atomic E-state index is 13.9. The van der Waals surface area contributed by atoms with Gasteiger partial charge in [0.25, 0.3) is 5.91 Å². The Bertz CT molecular complexity index is 930. The van der Waals surface area contributed by atoms with E-state index < -0.39 is 48.2 Å². The molecule has 4 rings (SSSR count). The zero-order valence-electron chi connectivity index (χ0n) is 18.9. The van der Waals surface area contributed by atoms with Crippen LogP contribution >= 0.6 is 0 Å². The summed E-state index contributed by atoms with van der Waals surface area (Å²) >= 11 is 0. The second-order valence-corrected chi connectivity index (χ2v) is 10.2. The van der Waals surface area contributed by atoms with Crippen molar-refractivity contribution in [2.24, 2.45) is 5.92 Å². The molecular weight excluding hydrogens is 426 g/mol. The molecule has 2 atom stereocenters. The van der Waals surface area contributed by atoms with Gasteiger partial charge in [-0.3, -0.25) is 4.79 Å². The van der Waals surface area contributed by atoms with Crippen molar-refractivity contribution in [3.05, 3.63) is 28.8 Å². The SMILES string of the molecule is C[C@@H](C1CC1)N1Cc2cc(B3OC(C)(C)C(C)(C)O3)cc(C(O)(CO)C(F)(F)F)c2C1=O.